The highest BCUT2D eigenvalue weighted by molar-refractivity contribution is 9.10. The molecule has 4 heteroatoms. The van der Waals surface area contributed by atoms with E-state index in [4.69, 9.17) is 11.6 Å². The average molecular weight is 325 g/mol. The van der Waals surface area contributed by atoms with Crippen LogP contribution in [0.5, 0.6) is 0 Å². The average Bonchev–Trinajstić information content (AvgIpc) is 2.84. The monoisotopic (exact) mass is 323 g/mol. The van der Waals surface area contributed by atoms with Crippen molar-refractivity contribution in [2.24, 2.45) is 0 Å². The zero-order chi connectivity index (χ0) is 12.3. The molecule has 17 heavy (non-hydrogen) atoms. The summed E-state index contributed by atoms with van der Waals surface area (Å²) in [5.41, 5.74) is 1.36. The van der Waals surface area contributed by atoms with E-state index in [0.717, 1.165) is 14.9 Å². The van der Waals surface area contributed by atoms with Crippen LogP contribution in [0, 0.1) is 11.3 Å². The van der Waals surface area contributed by atoms with Crippen molar-refractivity contribution in [3.63, 3.8) is 0 Å². The van der Waals surface area contributed by atoms with Crippen molar-refractivity contribution in [3.05, 3.63) is 56.7 Å². The molecule has 0 N–H and O–H groups in total. The van der Waals surface area contributed by atoms with Gasteiger partial charge < -0.3 is 0 Å². The van der Waals surface area contributed by atoms with Crippen molar-refractivity contribution in [3.8, 4) is 6.07 Å². The molecule has 2 aromatic rings. The number of nitrogens with zero attached hydrogens (tertiary/aromatic N) is 1. The zero-order valence-corrected chi connectivity index (χ0v) is 11.8. The number of allylic oxidation sites excluding steroid dienone is 1. The van der Waals surface area contributed by atoms with E-state index in [1.54, 1.807) is 0 Å². The summed E-state index contributed by atoms with van der Waals surface area (Å²) < 4.78 is 0.986. The minimum Gasteiger partial charge on any atom is -0.192 e. The Bertz CT molecular complexity index is 579. The molecule has 1 heterocycles. The summed E-state index contributed by atoms with van der Waals surface area (Å²) in [6, 6.07) is 13.5. The maximum atomic E-state index is 9.19. The molecule has 0 atom stereocenters. The number of hydrogen-bond acceptors (Lipinski definition) is 2. The van der Waals surface area contributed by atoms with Crippen LogP contribution < -0.4 is 0 Å². The van der Waals surface area contributed by atoms with Crippen LogP contribution in [0.15, 0.2) is 46.3 Å². The minimum atomic E-state index is 0.488. The van der Waals surface area contributed by atoms with Crippen LogP contribution in [0.25, 0.3) is 10.6 Å². The third-order valence-electron chi connectivity index (χ3n) is 2.20. The molecule has 0 fully saturated rings. The molecule has 1 aromatic heterocycles. The van der Waals surface area contributed by atoms with Crippen LogP contribution >= 0.6 is 38.9 Å². The van der Waals surface area contributed by atoms with Gasteiger partial charge in [0.15, 0.2) is 0 Å². The van der Waals surface area contributed by atoms with Gasteiger partial charge in [0.1, 0.15) is 6.07 Å². The number of nitriles is 1. The second kappa shape index (κ2) is 5.50. The highest BCUT2D eigenvalue weighted by atomic mass is 79.9. The lowest BCUT2D eigenvalue weighted by molar-refractivity contribution is 1.53. The molecule has 0 spiro atoms. The van der Waals surface area contributed by atoms with Crippen LogP contribution in [0.4, 0.5) is 0 Å². The molecule has 84 valence electrons. The van der Waals surface area contributed by atoms with Crippen molar-refractivity contribution in [1.29, 1.82) is 5.26 Å². The van der Waals surface area contributed by atoms with E-state index in [1.807, 2.05) is 41.8 Å². The van der Waals surface area contributed by atoms with Crippen LogP contribution in [0.3, 0.4) is 0 Å². The maximum Gasteiger partial charge on any atom is 0.102 e. The summed E-state index contributed by atoms with van der Waals surface area (Å²) in [5.74, 6) is 0. The number of rotatable bonds is 2. The van der Waals surface area contributed by atoms with Gasteiger partial charge >= 0.3 is 0 Å². The van der Waals surface area contributed by atoms with E-state index >= 15 is 0 Å². The van der Waals surface area contributed by atoms with Crippen LogP contribution in [-0.2, 0) is 0 Å². The summed E-state index contributed by atoms with van der Waals surface area (Å²) in [4.78, 5) is 0.889. The van der Waals surface area contributed by atoms with Gasteiger partial charge in [0.25, 0.3) is 0 Å². The van der Waals surface area contributed by atoms with E-state index in [2.05, 4.69) is 22.0 Å². The third kappa shape index (κ3) is 2.78. The fourth-order valence-corrected chi connectivity index (χ4v) is 2.69. The van der Waals surface area contributed by atoms with Crippen LogP contribution in [0.2, 0.25) is 0 Å². The lowest BCUT2D eigenvalue weighted by Gasteiger charge is -2.02. The van der Waals surface area contributed by atoms with Gasteiger partial charge in [-0.15, -0.1) is 11.3 Å². The first kappa shape index (κ1) is 12.4. The van der Waals surface area contributed by atoms with Gasteiger partial charge in [-0.25, -0.2) is 0 Å². The first-order valence-corrected chi connectivity index (χ1v) is 6.87. The highest BCUT2D eigenvalue weighted by Gasteiger charge is 2.10. The summed E-state index contributed by atoms with van der Waals surface area (Å²) in [6.07, 6.45) is 0. The molecule has 0 radical (unpaired) electrons. The van der Waals surface area contributed by atoms with Crippen molar-refractivity contribution < 1.29 is 0 Å². The van der Waals surface area contributed by atoms with E-state index in [0.29, 0.717) is 10.6 Å². The van der Waals surface area contributed by atoms with Gasteiger partial charge in [-0.3, -0.25) is 0 Å². The van der Waals surface area contributed by atoms with Gasteiger partial charge in [0.05, 0.1) is 10.6 Å². The third-order valence-corrected chi connectivity index (χ3v) is 4.02. The standard InChI is InChI=1S/C13H7BrClNS/c14-10-5-3-9(4-6-10)13(15)11(8-16)12-2-1-7-17-12/h1-7H. The van der Waals surface area contributed by atoms with Crippen LogP contribution in [0.1, 0.15) is 10.4 Å². The zero-order valence-electron chi connectivity index (χ0n) is 8.65. The Hall–Kier alpha value is -1.08. The number of benzene rings is 1. The van der Waals surface area contributed by atoms with Gasteiger partial charge in [-0.1, -0.05) is 45.7 Å². The summed E-state index contributed by atoms with van der Waals surface area (Å²) >= 11 is 11.1. The largest absolute Gasteiger partial charge is 0.192 e. The lowest BCUT2D eigenvalue weighted by Crippen LogP contribution is -1.82. The molecule has 2 rings (SSSR count). The molecule has 0 aliphatic carbocycles. The Kier molecular flexibility index (Phi) is 4.01. The Morgan fingerprint density at radius 1 is 1.24 bits per heavy atom. The molecular formula is C13H7BrClNS. The van der Waals surface area contributed by atoms with E-state index in [1.165, 1.54) is 11.3 Å². The molecule has 1 nitrogen and oxygen atoms in total. The molecule has 0 aliphatic rings. The van der Waals surface area contributed by atoms with Gasteiger partial charge in [0.2, 0.25) is 0 Å². The molecular weight excluding hydrogens is 318 g/mol. The predicted molar refractivity (Wildman–Crippen MR) is 76.7 cm³/mol. The van der Waals surface area contributed by atoms with Gasteiger partial charge in [-0.2, -0.15) is 5.26 Å². The fraction of sp³-hybridized carbons (Fsp3) is 0. The van der Waals surface area contributed by atoms with E-state index < -0.39 is 0 Å². The second-order valence-electron chi connectivity index (χ2n) is 3.28. The van der Waals surface area contributed by atoms with Crippen molar-refractivity contribution in [2.45, 2.75) is 0 Å². The molecule has 0 aliphatic heterocycles. The van der Waals surface area contributed by atoms with E-state index in [9.17, 15) is 5.26 Å². The molecule has 1 aromatic carbocycles. The van der Waals surface area contributed by atoms with Crippen molar-refractivity contribution in [1.82, 2.24) is 0 Å². The highest BCUT2D eigenvalue weighted by Crippen LogP contribution is 2.31. The molecule has 0 saturated heterocycles. The Morgan fingerprint density at radius 2 is 1.94 bits per heavy atom. The molecule has 0 amide bonds. The number of halogens is 2. The quantitative estimate of drug-likeness (QED) is 0.702. The maximum absolute atomic E-state index is 9.19. The molecule has 0 saturated carbocycles. The van der Waals surface area contributed by atoms with Crippen LogP contribution in [-0.4, -0.2) is 0 Å². The predicted octanol–water partition coefficient (Wildman–Crippen LogP) is 5.14. The van der Waals surface area contributed by atoms with Crippen molar-refractivity contribution >= 4 is 49.5 Å². The SMILES string of the molecule is N#CC(=C(Cl)c1ccc(Br)cc1)c1cccs1. The topological polar surface area (TPSA) is 23.8 Å². The summed E-state index contributed by atoms with van der Waals surface area (Å²) in [7, 11) is 0. The first-order valence-electron chi connectivity index (χ1n) is 4.82. The Labute approximate surface area is 117 Å². The Balaban J connectivity index is 2.50. The Morgan fingerprint density at radius 3 is 2.47 bits per heavy atom. The first-order chi connectivity index (χ1) is 8.22. The lowest BCUT2D eigenvalue weighted by atomic mass is 10.1. The second-order valence-corrected chi connectivity index (χ2v) is 5.53. The summed E-state index contributed by atoms with van der Waals surface area (Å²) in [6.45, 7) is 0. The fourth-order valence-electron chi connectivity index (χ4n) is 1.37. The number of hydrogen-bond donors (Lipinski definition) is 0. The van der Waals surface area contributed by atoms with Crippen molar-refractivity contribution in [2.75, 3.05) is 0 Å². The summed E-state index contributed by atoms with van der Waals surface area (Å²) in [5, 5.41) is 11.6. The number of thiophene rings is 1. The van der Waals surface area contributed by atoms with Gasteiger partial charge in [0, 0.05) is 9.35 Å². The normalized spacial score (nSPS) is 11.8. The van der Waals surface area contributed by atoms with E-state index in [-0.39, 0.29) is 0 Å². The molecule has 0 bridgehead atoms. The van der Waals surface area contributed by atoms with Gasteiger partial charge in [-0.05, 0) is 29.1 Å². The molecule has 0 unspecified atom stereocenters. The minimum absolute atomic E-state index is 0.488. The smallest absolute Gasteiger partial charge is 0.102 e.